The van der Waals surface area contributed by atoms with Crippen LogP contribution in [0, 0.1) is 17.8 Å². The molecule has 252 valence electrons. The summed E-state index contributed by atoms with van der Waals surface area (Å²) in [7, 11) is 3.59. The van der Waals surface area contributed by atoms with Gasteiger partial charge in [0.2, 0.25) is 0 Å². The van der Waals surface area contributed by atoms with Gasteiger partial charge in [0.25, 0.3) is 0 Å². The summed E-state index contributed by atoms with van der Waals surface area (Å²) in [6, 6.07) is 20.7. The molecule has 45 heavy (non-hydrogen) atoms. The summed E-state index contributed by atoms with van der Waals surface area (Å²) in [5, 5.41) is 6.51. The molecule has 0 saturated heterocycles. The van der Waals surface area contributed by atoms with Gasteiger partial charge in [0.1, 0.15) is 0 Å². The molecule has 0 aliphatic heterocycles. The highest BCUT2D eigenvalue weighted by Gasteiger charge is 2.20. The Hall–Kier alpha value is -2.40. The van der Waals surface area contributed by atoms with Crippen molar-refractivity contribution in [2.45, 2.75) is 59.4 Å². The molecular weight excluding hydrogens is 601 g/mol. The average molecular weight is 659 g/mol. The average Bonchev–Trinajstić information content (AvgIpc) is 3.02. The van der Waals surface area contributed by atoms with Crippen LogP contribution in [0.15, 0.2) is 60.7 Å². The van der Waals surface area contributed by atoms with Gasteiger partial charge in [-0.1, -0.05) is 110 Å². The largest absolute Gasteiger partial charge is 0.338 e. The summed E-state index contributed by atoms with van der Waals surface area (Å²) in [6.45, 7) is 12.7. The van der Waals surface area contributed by atoms with Crippen molar-refractivity contribution in [1.29, 1.82) is 0 Å². The van der Waals surface area contributed by atoms with E-state index in [1.54, 1.807) is 10.8 Å². The van der Waals surface area contributed by atoms with Crippen LogP contribution >= 0.6 is 21.6 Å². The number of nitrogens with two attached hydrogens (primary N) is 2. The molecule has 0 aliphatic carbocycles. The molecule has 2 aromatic rings. The second-order valence-corrected chi connectivity index (χ2v) is 15.1. The van der Waals surface area contributed by atoms with Crippen LogP contribution in [0.3, 0.4) is 0 Å². The molecule has 2 rings (SSSR count). The van der Waals surface area contributed by atoms with Gasteiger partial charge in [-0.3, -0.25) is 0 Å². The number of benzene rings is 2. The molecule has 8 nitrogen and oxygen atoms in total. The third-order valence-electron chi connectivity index (χ3n) is 7.54. The molecular formula is C35H58N6O2S2. The fourth-order valence-electron chi connectivity index (χ4n) is 4.84. The van der Waals surface area contributed by atoms with Gasteiger partial charge in [0.05, 0.1) is 0 Å². The van der Waals surface area contributed by atoms with E-state index >= 15 is 0 Å². The van der Waals surface area contributed by atoms with Gasteiger partial charge < -0.3 is 31.9 Å². The summed E-state index contributed by atoms with van der Waals surface area (Å²) in [5.74, 6) is 2.95. The predicted octanol–water partition coefficient (Wildman–Crippen LogP) is 5.87. The molecule has 0 saturated carbocycles. The van der Waals surface area contributed by atoms with E-state index in [1.807, 2.05) is 44.9 Å². The lowest BCUT2D eigenvalue weighted by atomic mass is 10.0. The third kappa shape index (κ3) is 17.2. The molecule has 2 aromatic carbocycles. The Kier molecular flexibility index (Phi) is 19.8. The second-order valence-electron chi connectivity index (χ2n) is 12.6. The van der Waals surface area contributed by atoms with E-state index in [4.69, 9.17) is 11.5 Å². The van der Waals surface area contributed by atoms with Crippen LogP contribution in [-0.4, -0.2) is 85.2 Å². The summed E-state index contributed by atoms with van der Waals surface area (Å²) < 4.78 is 0. The quantitative estimate of drug-likeness (QED) is 0.0929. The number of nitrogens with one attached hydrogen (secondary N) is 2. The normalized spacial score (nSPS) is 12.6. The Balaban J connectivity index is 2.02. The summed E-state index contributed by atoms with van der Waals surface area (Å²) in [4.78, 5) is 30.1. The molecule has 0 spiro atoms. The fourth-order valence-corrected chi connectivity index (χ4v) is 7.47. The molecule has 0 fully saturated rings. The number of nitrogens with zero attached hydrogens (tertiary/aromatic N) is 2. The Labute approximate surface area is 280 Å². The summed E-state index contributed by atoms with van der Waals surface area (Å²) >= 11 is 0. The van der Waals surface area contributed by atoms with Gasteiger partial charge >= 0.3 is 12.1 Å². The lowest BCUT2D eigenvalue weighted by Gasteiger charge is -2.27. The summed E-state index contributed by atoms with van der Waals surface area (Å²) in [5.41, 5.74) is 14.1. The maximum atomic E-state index is 13.3. The van der Waals surface area contributed by atoms with Crippen LogP contribution in [0.4, 0.5) is 9.59 Å². The minimum Gasteiger partial charge on any atom is -0.338 e. The van der Waals surface area contributed by atoms with Gasteiger partial charge in [-0.05, 0) is 54.6 Å². The number of urea groups is 2. The highest BCUT2D eigenvalue weighted by Crippen LogP contribution is 2.27. The van der Waals surface area contributed by atoms with Crippen molar-refractivity contribution >= 4 is 33.7 Å². The van der Waals surface area contributed by atoms with Gasteiger partial charge in [-0.15, -0.1) is 0 Å². The van der Waals surface area contributed by atoms with Crippen LogP contribution in [0.1, 0.15) is 51.7 Å². The van der Waals surface area contributed by atoms with E-state index in [-0.39, 0.29) is 24.0 Å². The minimum absolute atomic E-state index is 0.0187. The molecule has 10 heteroatoms. The van der Waals surface area contributed by atoms with Crippen LogP contribution < -0.4 is 22.1 Å². The minimum atomic E-state index is -0.0446. The predicted molar refractivity (Wildman–Crippen MR) is 195 cm³/mol. The highest BCUT2D eigenvalue weighted by molar-refractivity contribution is 8.76. The molecule has 0 bridgehead atoms. The maximum Gasteiger partial charge on any atom is 0.317 e. The maximum absolute atomic E-state index is 13.3. The first-order chi connectivity index (χ1) is 21.7. The smallest absolute Gasteiger partial charge is 0.317 e. The first kappa shape index (κ1) is 38.8. The third-order valence-corrected chi connectivity index (χ3v) is 10.2. The zero-order valence-electron chi connectivity index (χ0n) is 28.0. The van der Waals surface area contributed by atoms with Crippen LogP contribution in [-0.2, 0) is 12.8 Å². The monoisotopic (exact) mass is 658 g/mol. The topological polar surface area (TPSA) is 117 Å². The Morgan fingerprint density at radius 3 is 1.69 bits per heavy atom. The van der Waals surface area contributed by atoms with Gasteiger partial charge in [-0.25, -0.2) is 9.59 Å². The van der Waals surface area contributed by atoms with E-state index in [0.717, 1.165) is 37.2 Å². The van der Waals surface area contributed by atoms with E-state index in [2.05, 4.69) is 74.7 Å². The molecule has 4 amide bonds. The van der Waals surface area contributed by atoms with Crippen molar-refractivity contribution < 1.29 is 9.59 Å². The standard InChI is InChI=1S/C35H58N6O2S2/c1-28(2)15-19-40(21-17-36)34(42)38-25-32(23-30-11-7-5-8-12-30)26-44-45-27-33(24-31-13-9-6-10-14-31)39-35(43)41(22-18-37)20-16-29(3)4/h5-14,28-29,32-33H,15-27,36-37H2,1-4H3,(H,38,42)(H,39,43)/t32-,33+/m0/s1. The van der Waals surface area contributed by atoms with E-state index in [0.29, 0.717) is 57.6 Å². The van der Waals surface area contributed by atoms with E-state index in [9.17, 15) is 9.59 Å². The Bertz CT molecular complexity index is 1060. The van der Waals surface area contributed by atoms with Crippen molar-refractivity contribution in [2.75, 3.05) is 57.3 Å². The van der Waals surface area contributed by atoms with Crippen molar-refractivity contribution in [3.63, 3.8) is 0 Å². The number of hydrogen-bond donors (Lipinski definition) is 4. The zero-order chi connectivity index (χ0) is 32.9. The first-order valence-corrected chi connectivity index (χ1v) is 19.0. The molecule has 0 heterocycles. The zero-order valence-corrected chi connectivity index (χ0v) is 29.6. The number of hydrogen-bond acceptors (Lipinski definition) is 6. The van der Waals surface area contributed by atoms with Crippen LogP contribution in [0.5, 0.6) is 0 Å². The number of carbonyl (C=O) groups excluding carboxylic acids is 2. The number of rotatable bonds is 22. The van der Waals surface area contributed by atoms with Gasteiger partial charge in [0, 0.05) is 63.4 Å². The second kappa shape index (κ2) is 23.0. The summed E-state index contributed by atoms with van der Waals surface area (Å²) in [6.07, 6.45) is 3.54. The van der Waals surface area contributed by atoms with Crippen molar-refractivity contribution in [3.8, 4) is 0 Å². The SMILES string of the molecule is CC(C)CCN(CCN)C(=O)NC[C@@H](CSSC[C@@H](Cc1ccccc1)NC(=O)N(CCN)CCC(C)C)Cc1ccccc1. The lowest BCUT2D eigenvalue weighted by molar-refractivity contribution is 0.192. The molecule has 0 aromatic heterocycles. The lowest BCUT2D eigenvalue weighted by Crippen LogP contribution is -2.48. The highest BCUT2D eigenvalue weighted by atomic mass is 33.1. The van der Waals surface area contributed by atoms with Gasteiger partial charge in [-0.2, -0.15) is 0 Å². The van der Waals surface area contributed by atoms with Crippen molar-refractivity contribution in [1.82, 2.24) is 20.4 Å². The molecule has 0 unspecified atom stereocenters. The molecule has 0 radical (unpaired) electrons. The molecule has 6 N–H and O–H groups in total. The van der Waals surface area contributed by atoms with Crippen molar-refractivity contribution in [2.24, 2.45) is 29.2 Å². The Morgan fingerprint density at radius 2 is 1.18 bits per heavy atom. The molecule has 2 atom stereocenters. The number of amides is 4. The van der Waals surface area contributed by atoms with Crippen LogP contribution in [0.25, 0.3) is 0 Å². The Morgan fingerprint density at radius 1 is 0.689 bits per heavy atom. The molecule has 0 aliphatic rings. The van der Waals surface area contributed by atoms with Crippen molar-refractivity contribution in [3.05, 3.63) is 71.8 Å². The van der Waals surface area contributed by atoms with Gasteiger partial charge in [0.15, 0.2) is 0 Å². The fraction of sp³-hybridized carbons (Fsp3) is 0.600. The van der Waals surface area contributed by atoms with E-state index < -0.39 is 0 Å². The van der Waals surface area contributed by atoms with Crippen LogP contribution in [0.2, 0.25) is 0 Å². The number of carbonyl (C=O) groups is 2. The van der Waals surface area contributed by atoms with E-state index in [1.165, 1.54) is 11.1 Å². The first-order valence-electron chi connectivity index (χ1n) is 16.5.